The molecule has 0 spiro atoms. The number of benzene rings is 3. The van der Waals surface area contributed by atoms with Gasteiger partial charge in [0, 0.05) is 23.4 Å². The first-order valence-electron chi connectivity index (χ1n) is 11.2. The number of anilines is 2. The third-order valence-electron chi connectivity index (χ3n) is 5.42. The molecule has 3 aromatic carbocycles. The van der Waals surface area contributed by atoms with Gasteiger partial charge >= 0.3 is 6.18 Å². The van der Waals surface area contributed by atoms with E-state index in [4.69, 9.17) is 0 Å². The molecule has 0 aliphatic carbocycles. The molecule has 4 rings (SSSR count). The van der Waals surface area contributed by atoms with E-state index in [1.807, 2.05) is 30.3 Å². The standard InChI is InChI=1S/C27H23F3N4O2/c28-27(29,30)22-5-2-4-21(14-22)26(36)33-23-6-1-3-18(13-23)11-12-32-25-16-31-15-24(34-25)20-9-7-19(17-35)8-10-20/h1-10,13-16,35H,11-12,17H2,(H,32,34)(H,33,36). The summed E-state index contributed by atoms with van der Waals surface area (Å²) >= 11 is 0. The maximum atomic E-state index is 12.9. The maximum absolute atomic E-state index is 12.9. The lowest BCUT2D eigenvalue weighted by Crippen LogP contribution is -2.14. The van der Waals surface area contributed by atoms with Crippen LogP contribution in [-0.2, 0) is 19.2 Å². The number of hydrogen-bond acceptors (Lipinski definition) is 5. The van der Waals surface area contributed by atoms with Crippen molar-refractivity contribution < 1.29 is 23.1 Å². The zero-order valence-corrected chi connectivity index (χ0v) is 19.1. The number of hydrogen-bond donors (Lipinski definition) is 3. The van der Waals surface area contributed by atoms with Crippen molar-refractivity contribution in [2.45, 2.75) is 19.2 Å². The van der Waals surface area contributed by atoms with Gasteiger partial charge in [0.2, 0.25) is 0 Å². The fourth-order valence-electron chi connectivity index (χ4n) is 3.55. The van der Waals surface area contributed by atoms with E-state index in [0.717, 1.165) is 28.8 Å². The van der Waals surface area contributed by atoms with E-state index < -0.39 is 17.6 Å². The zero-order valence-electron chi connectivity index (χ0n) is 19.1. The summed E-state index contributed by atoms with van der Waals surface area (Å²) in [5, 5.41) is 15.1. The number of aliphatic hydroxyl groups is 1. The molecule has 0 radical (unpaired) electrons. The SMILES string of the molecule is O=C(Nc1cccc(CCNc2cncc(-c3ccc(CO)cc3)n2)c1)c1cccc(C(F)(F)F)c1. The number of alkyl halides is 3. The number of aliphatic hydroxyl groups excluding tert-OH is 1. The molecule has 3 N–H and O–H groups in total. The highest BCUT2D eigenvalue weighted by atomic mass is 19.4. The number of rotatable bonds is 8. The maximum Gasteiger partial charge on any atom is 0.416 e. The molecule has 0 atom stereocenters. The molecule has 0 saturated heterocycles. The average Bonchev–Trinajstić information content (AvgIpc) is 2.89. The molecular weight excluding hydrogens is 469 g/mol. The largest absolute Gasteiger partial charge is 0.416 e. The van der Waals surface area contributed by atoms with E-state index in [1.165, 1.54) is 12.1 Å². The van der Waals surface area contributed by atoms with Crippen molar-refractivity contribution in [3.8, 4) is 11.3 Å². The zero-order chi connectivity index (χ0) is 25.5. The van der Waals surface area contributed by atoms with Gasteiger partial charge in [-0.15, -0.1) is 0 Å². The van der Waals surface area contributed by atoms with Crippen molar-refractivity contribution in [1.29, 1.82) is 0 Å². The number of halogens is 3. The summed E-state index contributed by atoms with van der Waals surface area (Å²) in [4.78, 5) is 21.3. The van der Waals surface area contributed by atoms with E-state index in [0.29, 0.717) is 30.2 Å². The van der Waals surface area contributed by atoms with Gasteiger partial charge in [0.15, 0.2) is 0 Å². The first kappa shape index (κ1) is 24.9. The summed E-state index contributed by atoms with van der Waals surface area (Å²) in [7, 11) is 0. The molecule has 0 saturated carbocycles. The quantitative estimate of drug-likeness (QED) is 0.300. The first-order chi connectivity index (χ1) is 17.3. The molecular formula is C27H23F3N4O2. The number of aromatic nitrogens is 2. The second kappa shape index (κ2) is 11.0. The third kappa shape index (κ3) is 6.45. The number of nitrogens with zero attached hydrogens (tertiary/aromatic N) is 2. The molecule has 184 valence electrons. The normalized spacial score (nSPS) is 11.2. The predicted molar refractivity (Wildman–Crippen MR) is 131 cm³/mol. The molecule has 0 aliphatic heterocycles. The summed E-state index contributed by atoms with van der Waals surface area (Å²) in [6.07, 6.45) is -0.616. The fraction of sp³-hybridized carbons (Fsp3) is 0.148. The van der Waals surface area contributed by atoms with Crippen molar-refractivity contribution >= 4 is 17.4 Å². The number of carbonyl (C=O) groups is 1. The minimum atomic E-state index is -4.52. The van der Waals surface area contributed by atoms with Crippen LogP contribution in [0.4, 0.5) is 24.7 Å². The smallest absolute Gasteiger partial charge is 0.392 e. The Morgan fingerprint density at radius 2 is 1.69 bits per heavy atom. The Hall–Kier alpha value is -4.24. The van der Waals surface area contributed by atoms with Gasteiger partial charge in [-0.25, -0.2) is 4.98 Å². The average molecular weight is 493 g/mol. The molecule has 1 heterocycles. The van der Waals surface area contributed by atoms with E-state index in [2.05, 4.69) is 20.6 Å². The van der Waals surface area contributed by atoms with Crippen LogP contribution in [0.25, 0.3) is 11.3 Å². The van der Waals surface area contributed by atoms with Gasteiger partial charge in [0.1, 0.15) is 5.82 Å². The topological polar surface area (TPSA) is 87.1 Å². The Balaban J connectivity index is 1.35. The summed E-state index contributed by atoms with van der Waals surface area (Å²) in [6, 6.07) is 18.8. The Kier molecular flexibility index (Phi) is 7.60. The van der Waals surface area contributed by atoms with Crippen LogP contribution >= 0.6 is 0 Å². The summed E-state index contributed by atoms with van der Waals surface area (Å²) < 4.78 is 38.8. The molecule has 0 aliphatic rings. The molecule has 0 fully saturated rings. The van der Waals surface area contributed by atoms with Crippen LogP contribution in [0.1, 0.15) is 27.0 Å². The Morgan fingerprint density at radius 3 is 2.44 bits per heavy atom. The van der Waals surface area contributed by atoms with Crippen molar-refractivity contribution in [3.05, 3.63) is 107 Å². The Bertz CT molecular complexity index is 1340. The van der Waals surface area contributed by atoms with Crippen LogP contribution in [0.15, 0.2) is 85.2 Å². The van der Waals surface area contributed by atoms with Crippen LogP contribution in [0.3, 0.4) is 0 Å². The molecule has 1 amide bonds. The minimum Gasteiger partial charge on any atom is -0.392 e. The summed E-state index contributed by atoms with van der Waals surface area (Å²) in [6.45, 7) is 0.524. The lowest BCUT2D eigenvalue weighted by molar-refractivity contribution is -0.137. The van der Waals surface area contributed by atoms with Gasteiger partial charge in [-0.2, -0.15) is 13.2 Å². The summed E-state index contributed by atoms with van der Waals surface area (Å²) in [5.41, 5.74) is 2.87. The van der Waals surface area contributed by atoms with Gasteiger partial charge in [-0.3, -0.25) is 9.78 Å². The molecule has 36 heavy (non-hydrogen) atoms. The highest BCUT2D eigenvalue weighted by Crippen LogP contribution is 2.29. The Morgan fingerprint density at radius 1 is 0.917 bits per heavy atom. The van der Waals surface area contributed by atoms with Gasteiger partial charge in [0.25, 0.3) is 5.91 Å². The van der Waals surface area contributed by atoms with E-state index in [9.17, 15) is 23.1 Å². The van der Waals surface area contributed by atoms with Crippen LogP contribution in [0.5, 0.6) is 0 Å². The predicted octanol–water partition coefficient (Wildman–Crippen LogP) is 5.56. The third-order valence-corrected chi connectivity index (χ3v) is 5.42. The van der Waals surface area contributed by atoms with E-state index >= 15 is 0 Å². The molecule has 1 aromatic heterocycles. The molecule has 6 nitrogen and oxygen atoms in total. The van der Waals surface area contributed by atoms with Crippen molar-refractivity contribution in [3.63, 3.8) is 0 Å². The molecule has 0 unspecified atom stereocenters. The van der Waals surface area contributed by atoms with Gasteiger partial charge < -0.3 is 15.7 Å². The number of nitrogens with one attached hydrogen (secondary N) is 2. The van der Waals surface area contributed by atoms with Crippen molar-refractivity contribution in [1.82, 2.24) is 9.97 Å². The van der Waals surface area contributed by atoms with Gasteiger partial charge in [0.05, 0.1) is 30.3 Å². The first-order valence-corrected chi connectivity index (χ1v) is 11.2. The lowest BCUT2D eigenvalue weighted by Gasteiger charge is -2.11. The Labute approximate surface area is 205 Å². The van der Waals surface area contributed by atoms with Gasteiger partial charge in [-0.1, -0.05) is 42.5 Å². The highest BCUT2D eigenvalue weighted by molar-refractivity contribution is 6.04. The lowest BCUT2D eigenvalue weighted by atomic mass is 10.1. The second-order valence-corrected chi connectivity index (χ2v) is 8.05. The minimum absolute atomic E-state index is 0.0241. The second-order valence-electron chi connectivity index (χ2n) is 8.05. The van der Waals surface area contributed by atoms with Crippen molar-refractivity contribution in [2.75, 3.05) is 17.2 Å². The van der Waals surface area contributed by atoms with Crippen LogP contribution in [0.2, 0.25) is 0 Å². The van der Waals surface area contributed by atoms with Gasteiger partial charge in [-0.05, 0) is 47.9 Å². The number of amides is 1. The van der Waals surface area contributed by atoms with E-state index in [1.54, 1.807) is 30.6 Å². The molecule has 9 heteroatoms. The van der Waals surface area contributed by atoms with Crippen LogP contribution in [0, 0.1) is 0 Å². The van der Waals surface area contributed by atoms with Crippen molar-refractivity contribution in [2.24, 2.45) is 0 Å². The fourth-order valence-corrected chi connectivity index (χ4v) is 3.55. The molecule has 0 bridgehead atoms. The highest BCUT2D eigenvalue weighted by Gasteiger charge is 2.30. The molecule has 4 aromatic rings. The van der Waals surface area contributed by atoms with Crippen LogP contribution in [-0.4, -0.2) is 27.5 Å². The number of carbonyl (C=O) groups excluding carboxylic acids is 1. The monoisotopic (exact) mass is 492 g/mol. The summed E-state index contributed by atoms with van der Waals surface area (Å²) in [5.74, 6) is -0.0109. The van der Waals surface area contributed by atoms with Crippen LogP contribution < -0.4 is 10.6 Å². The van der Waals surface area contributed by atoms with E-state index in [-0.39, 0.29) is 12.2 Å².